The average Bonchev–Trinajstić information content (AvgIpc) is 3.82. The fraction of sp³-hybridized carbons (Fsp3) is 0.0172. The number of aromatic nitrogens is 3. The molecule has 0 saturated carbocycles. The molecule has 2 aliphatic rings. The summed E-state index contributed by atoms with van der Waals surface area (Å²) in [5, 5.41) is 0. The minimum absolute atomic E-state index is 0.387. The second-order valence-electron chi connectivity index (χ2n) is 15.9. The summed E-state index contributed by atoms with van der Waals surface area (Å²) in [6, 6.07) is 80.4. The Kier molecular flexibility index (Phi) is 8.07. The van der Waals surface area contributed by atoms with Crippen LogP contribution in [-0.4, -0.2) is 15.0 Å². The van der Waals surface area contributed by atoms with Gasteiger partial charge in [0.25, 0.3) is 0 Å². The Morgan fingerprint density at radius 1 is 0.213 bits per heavy atom. The fourth-order valence-electron chi connectivity index (χ4n) is 9.79. The molecule has 0 amide bonds. The van der Waals surface area contributed by atoms with Gasteiger partial charge in [-0.1, -0.05) is 206 Å². The van der Waals surface area contributed by atoms with Crippen LogP contribution in [0.15, 0.2) is 224 Å². The van der Waals surface area contributed by atoms with E-state index in [4.69, 9.17) is 15.0 Å². The van der Waals surface area contributed by atoms with Gasteiger partial charge in [0, 0.05) is 16.7 Å². The van der Waals surface area contributed by atoms with E-state index in [1.165, 1.54) is 50.1 Å². The first-order valence-corrected chi connectivity index (χ1v) is 20.8. The van der Waals surface area contributed by atoms with E-state index < -0.39 is 0 Å². The van der Waals surface area contributed by atoms with Crippen molar-refractivity contribution in [2.75, 3.05) is 0 Å². The number of nitrogens with zero attached hydrogens (tertiary/aromatic N) is 3. The molecular formula is C58H37N3. The molecule has 0 bridgehead atoms. The van der Waals surface area contributed by atoms with Gasteiger partial charge < -0.3 is 0 Å². The Hall–Kier alpha value is -8.01. The Morgan fingerprint density at radius 3 is 1.03 bits per heavy atom. The van der Waals surface area contributed by atoms with Crippen LogP contribution in [-0.2, 0) is 5.41 Å². The van der Waals surface area contributed by atoms with Crippen LogP contribution in [0.5, 0.6) is 0 Å². The summed E-state index contributed by atoms with van der Waals surface area (Å²) in [7, 11) is 0. The van der Waals surface area contributed by atoms with E-state index in [1.54, 1.807) is 0 Å². The lowest BCUT2D eigenvalue weighted by atomic mass is 9.70. The third kappa shape index (κ3) is 5.62. The van der Waals surface area contributed by atoms with E-state index in [1.807, 2.05) is 12.1 Å². The van der Waals surface area contributed by atoms with Gasteiger partial charge in [-0.2, -0.15) is 0 Å². The maximum absolute atomic E-state index is 5.16. The summed E-state index contributed by atoms with van der Waals surface area (Å²) in [5.74, 6) is 1.89. The smallest absolute Gasteiger partial charge is 0.164 e. The highest BCUT2D eigenvalue weighted by Gasteiger charge is 2.51. The zero-order chi connectivity index (χ0) is 40.3. The molecule has 0 aliphatic heterocycles. The molecule has 0 radical (unpaired) electrons. The van der Waals surface area contributed by atoms with Crippen molar-refractivity contribution in [3.05, 3.63) is 247 Å². The van der Waals surface area contributed by atoms with E-state index in [9.17, 15) is 0 Å². The standard InChI is InChI=1S/C58H37N3/c1-3-15-38(16-4-1)42-19-13-21-45(35-42)56-59-55(60-57(61-56)46-22-14-20-43(36-46)39-17-5-2-6-18-39)41-31-29-40(30-32-41)44-33-34-50-49-25-9-12-28-53(49)58(54(50)37-44)51-26-10-7-23-47(51)48-24-8-11-27-52(48)58/h1-37H. The molecule has 61 heavy (non-hydrogen) atoms. The van der Waals surface area contributed by atoms with Crippen molar-refractivity contribution in [3.8, 4) is 89.8 Å². The molecule has 1 spiro atoms. The molecule has 9 aromatic carbocycles. The van der Waals surface area contributed by atoms with E-state index in [2.05, 4.69) is 212 Å². The Labute approximate surface area is 355 Å². The van der Waals surface area contributed by atoms with Crippen LogP contribution < -0.4 is 0 Å². The molecule has 3 heteroatoms. The predicted molar refractivity (Wildman–Crippen MR) is 249 cm³/mol. The van der Waals surface area contributed by atoms with Gasteiger partial charge in [0.2, 0.25) is 0 Å². The maximum Gasteiger partial charge on any atom is 0.164 e. The summed E-state index contributed by atoms with van der Waals surface area (Å²) in [6.45, 7) is 0. The Bertz CT molecular complexity index is 3130. The van der Waals surface area contributed by atoms with Gasteiger partial charge in [-0.3, -0.25) is 0 Å². The molecule has 2 aliphatic carbocycles. The number of hydrogen-bond donors (Lipinski definition) is 0. The van der Waals surface area contributed by atoms with Crippen LogP contribution in [0.25, 0.3) is 89.8 Å². The van der Waals surface area contributed by atoms with Crippen LogP contribution in [0.3, 0.4) is 0 Å². The zero-order valence-electron chi connectivity index (χ0n) is 33.2. The van der Waals surface area contributed by atoms with E-state index >= 15 is 0 Å². The lowest BCUT2D eigenvalue weighted by Gasteiger charge is -2.30. The van der Waals surface area contributed by atoms with Crippen molar-refractivity contribution in [1.82, 2.24) is 15.0 Å². The van der Waals surface area contributed by atoms with Gasteiger partial charge in [0.1, 0.15) is 0 Å². The second kappa shape index (κ2) is 14.1. The molecule has 12 rings (SSSR count). The summed E-state index contributed by atoms with van der Waals surface area (Å²) in [4.78, 5) is 15.4. The highest BCUT2D eigenvalue weighted by atomic mass is 15.0. The van der Waals surface area contributed by atoms with Gasteiger partial charge in [-0.05, 0) is 96.1 Å². The maximum atomic E-state index is 5.16. The van der Waals surface area contributed by atoms with Gasteiger partial charge >= 0.3 is 0 Å². The Balaban J connectivity index is 0.971. The largest absolute Gasteiger partial charge is 0.208 e. The number of rotatable bonds is 6. The van der Waals surface area contributed by atoms with Crippen molar-refractivity contribution in [1.29, 1.82) is 0 Å². The summed E-state index contributed by atoms with van der Waals surface area (Å²) in [6.07, 6.45) is 0. The minimum atomic E-state index is -0.387. The van der Waals surface area contributed by atoms with Gasteiger partial charge in [-0.15, -0.1) is 0 Å². The van der Waals surface area contributed by atoms with Gasteiger partial charge in [-0.25, -0.2) is 15.0 Å². The third-order valence-corrected chi connectivity index (χ3v) is 12.6. The van der Waals surface area contributed by atoms with Crippen LogP contribution in [0.2, 0.25) is 0 Å². The van der Waals surface area contributed by atoms with E-state index in [-0.39, 0.29) is 5.41 Å². The topological polar surface area (TPSA) is 38.7 Å². The zero-order valence-corrected chi connectivity index (χ0v) is 33.2. The molecule has 284 valence electrons. The van der Waals surface area contributed by atoms with Crippen molar-refractivity contribution >= 4 is 0 Å². The summed E-state index contributed by atoms with van der Waals surface area (Å²) < 4.78 is 0. The predicted octanol–water partition coefficient (Wildman–Crippen LogP) is 14.2. The lowest BCUT2D eigenvalue weighted by molar-refractivity contribution is 0.794. The number of hydrogen-bond acceptors (Lipinski definition) is 3. The summed E-state index contributed by atoms with van der Waals surface area (Å²) in [5.41, 5.74) is 19.8. The lowest BCUT2D eigenvalue weighted by Crippen LogP contribution is -2.25. The molecule has 1 heterocycles. The summed E-state index contributed by atoms with van der Waals surface area (Å²) >= 11 is 0. The van der Waals surface area contributed by atoms with Crippen LogP contribution in [0, 0.1) is 0 Å². The molecule has 0 saturated heterocycles. The highest BCUT2D eigenvalue weighted by molar-refractivity contribution is 5.96. The number of benzene rings is 9. The quantitative estimate of drug-likeness (QED) is 0.169. The van der Waals surface area contributed by atoms with Crippen molar-refractivity contribution in [2.45, 2.75) is 5.41 Å². The first-order valence-electron chi connectivity index (χ1n) is 20.8. The van der Waals surface area contributed by atoms with Crippen molar-refractivity contribution < 1.29 is 0 Å². The first-order chi connectivity index (χ1) is 30.2. The van der Waals surface area contributed by atoms with Crippen LogP contribution >= 0.6 is 0 Å². The SMILES string of the molecule is c1ccc(-c2cccc(-c3nc(-c4ccc(-c5ccc6c(c5)C5(c7ccccc7-c7ccccc75)c5ccccc5-6)cc4)nc(-c4cccc(-c5ccccc5)c4)n3)c2)cc1. The molecule has 0 fully saturated rings. The minimum Gasteiger partial charge on any atom is -0.208 e. The van der Waals surface area contributed by atoms with Crippen molar-refractivity contribution in [3.63, 3.8) is 0 Å². The third-order valence-electron chi connectivity index (χ3n) is 12.6. The van der Waals surface area contributed by atoms with Crippen LogP contribution in [0.4, 0.5) is 0 Å². The molecular weight excluding hydrogens is 739 g/mol. The second-order valence-corrected chi connectivity index (χ2v) is 15.9. The van der Waals surface area contributed by atoms with E-state index in [0.29, 0.717) is 17.5 Å². The molecule has 0 unspecified atom stereocenters. The molecule has 10 aromatic rings. The molecule has 1 aromatic heterocycles. The van der Waals surface area contributed by atoms with Crippen LogP contribution in [0.1, 0.15) is 22.3 Å². The number of fused-ring (bicyclic) bond motifs is 10. The average molecular weight is 776 g/mol. The fourth-order valence-corrected chi connectivity index (χ4v) is 9.79. The van der Waals surface area contributed by atoms with Gasteiger partial charge in [0.05, 0.1) is 5.41 Å². The molecule has 0 N–H and O–H groups in total. The highest BCUT2D eigenvalue weighted by Crippen LogP contribution is 2.63. The Morgan fingerprint density at radius 2 is 0.541 bits per heavy atom. The van der Waals surface area contributed by atoms with E-state index in [0.717, 1.165) is 44.5 Å². The molecule has 0 atom stereocenters. The monoisotopic (exact) mass is 775 g/mol. The molecule has 3 nitrogen and oxygen atoms in total. The first kappa shape index (κ1) is 35.0. The van der Waals surface area contributed by atoms with Crippen molar-refractivity contribution in [2.24, 2.45) is 0 Å². The normalized spacial score (nSPS) is 12.7. The van der Waals surface area contributed by atoms with Gasteiger partial charge in [0.15, 0.2) is 17.5 Å².